The van der Waals surface area contributed by atoms with Crippen molar-refractivity contribution in [2.75, 3.05) is 38.8 Å². The number of nitrogens with one attached hydrogen (secondary N) is 3. The lowest BCUT2D eigenvalue weighted by Gasteiger charge is -2.32. The van der Waals surface area contributed by atoms with Gasteiger partial charge in [0.05, 0.1) is 18.5 Å². The quantitative estimate of drug-likeness (QED) is 0.276. The minimum Gasteiger partial charge on any atom is -0.495 e. The van der Waals surface area contributed by atoms with Crippen LogP contribution in [0.5, 0.6) is 0 Å². The zero-order chi connectivity index (χ0) is 23.0. The van der Waals surface area contributed by atoms with Crippen LogP contribution < -0.4 is 20.9 Å². The minimum atomic E-state index is -0.635. The number of anilines is 1. The lowest BCUT2D eigenvalue weighted by atomic mass is 10.1. The van der Waals surface area contributed by atoms with E-state index < -0.39 is 11.8 Å². The van der Waals surface area contributed by atoms with Gasteiger partial charge in [-0.1, -0.05) is 19.7 Å². The molecule has 0 atom stereocenters. The molecular formula is C20H27N5O5S. The molecule has 1 aliphatic rings. The lowest BCUT2D eigenvalue weighted by molar-refractivity contribution is -0.125. The summed E-state index contributed by atoms with van der Waals surface area (Å²) in [5, 5.41) is 10.1. The molecule has 1 aromatic heterocycles. The molecule has 0 aromatic carbocycles. The Morgan fingerprint density at radius 3 is 2.45 bits per heavy atom. The summed E-state index contributed by atoms with van der Waals surface area (Å²) < 4.78 is 9.70. The highest BCUT2D eigenvalue weighted by Gasteiger charge is 2.24. The molecule has 0 aliphatic carbocycles. The van der Waals surface area contributed by atoms with E-state index in [1.807, 2.05) is 0 Å². The molecule has 0 spiro atoms. The number of amides is 3. The van der Waals surface area contributed by atoms with Gasteiger partial charge in [0.15, 0.2) is 5.13 Å². The number of piperidine rings is 1. The lowest BCUT2D eigenvalue weighted by Crippen LogP contribution is -2.45. The Hall–Kier alpha value is -3.18. The molecule has 1 fully saturated rings. The number of nitrogens with zero attached hydrogens (tertiary/aromatic N) is 2. The molecule has 0 saturated carbocycles. The second-order valence-corrected chi connectivity index (χ2v) is 7.61. The summed E-state index contributed by atoms with van der Waals surface area (Å²) in [6.07, 6.45) is 1.54. The van der Waals surface area contributed by atoms with Crippen LogP contribution in [0.25, 0.3) is 0 Å². The highest BCUT2D eigenvalue weighted by atomic mass is 32.1. The average Bonchev–Trinajstić information content (AvgIpc) is 3.24. The first kappa shape index (κ1) is 24.1. The van der Waals surface area contributed by atoms with E-state index in [2.05, 4.69) is 45.6 Å². The van der Waals surface area contributed by atoms with Gasteiger partial charge >= 0.3 is 0 Å². The van der Waals surface area contributed by atoms with Gasteiger partial charge in [-0.3, -0.25) is 14.4 Å². The third kappa shape index (κ3) is 6.93. The van der Waals surface area contributed by atoms with E-state index in [1.54, 1.807) is 5.38 Å². The van der Waals surface area contributed by atoms with Crippen LogP contribution in [0.3, 0.4) is 0 Å². The van der Waals surface area contributed by atoms with Crippen LogP contribution in [0.15, 0.2) is 42.3 Å². The second-order valence-electron chi connectivity index (χ2n) is 6.77. The van der Waals surface area contributed by atoms with E-state index in [-0.39, 0.29) is 41.4 Å². The van der Waals surface area contributed by atoms with Gasteiger partial charge in [0.1, 0.15) is 18.1 Å². The summed E-state index contributed by atoms with van der Waals surface area (Å²) in [5.41, 5.74) is 0.197. The number of hydrogen-bond acceptors (Lipinski definition) is 8. The van der Waals surface area contributed by atoms with Crippen LogP contribution in [-0.2, 0) is 19.1 Å². The summed E-state index contributed by atoms with van der Waals surface area (Å²) in [7, 11) is 2.88. The predicted molar refractivity (Wildman–Crippen MR) is 117 cm³/mol. The molecule has 2 heterocycles. The van der Waals surface area contributed by atoms with Crippen molar-refractivity contribution in [3.8, 4) is 0 Å². The van der Waals surface area contributed by atoms with Crippen molar-refractivity contribution in [3.05, 3.63) is 48.0 Å². The number of rotatable bonds is 10. The maximum atomic E-state index is 12.4. The van der Waals surface area contributed by atoms with Gasteiger partial charge in [-0.2, -0.15) is 0 Å². The Morgan fingerprint density at radius 2 is 1.84 bits per heavy atom. The molecule has 2 rings (SSSR count). The second kappa shape index (κ2) is 11.3. The van der Waals surface area contributed by atoms with Crippen LogP contribution in [0.1, 0.15) is 23.3 Å². The van der Waals surface area contributed by atoms with Crippen molar-refractivity contribution in [1.82, 2.24) is 20.9 Å². The summed E-state index contributed by atoms with van der Waals surface area (Å²) in [6.45, 7) is 12.2. The zero-order valence-electron chi connectivity index (χ0n) is 17.7. The van der Waals surface area contributed by atoms with Gasteiger partial charge in [0, 0.05) is 31.6 Å². The van der Waals surface area contributed by atoms with E-state index in [1.165, 1.54) is 25.6 Å². The average molecular weight is 450 g/mol. The Balaban J connectivity index is 1.85. The SMILES string of the molecule is C=C(NC(=O)C(=C)NC(=O)c1csc(N2CCC(NC(=O)COC)CC2)n1)C(=C)OC. The van der Waals surface area contributed by atoms with Crippen molar-refractivity contribution < 1.29 is 23.9 Å². The molecule has 3 amide bonds. The third-order valence-corrected chi connectivity index (χ3v) is 5.42. The first-order chi connectivity index (χ1) is 14.7. The molecule has 0 unspecified atom stereocenters. The standard InChI is InChI=1S/C20H27N5O5S/c1-12(14(3)30-5)21-18(27)13(2)22-19(28)16-11-31-20(24-16)25-8-6-15(7-9-25)23-17(26)10-29-4/h11,15H,1-3,6-10H2,4-5H3,(H,21,27)(H,22,28)(H,23,26). The molecule has 0 radical (unpaired) electrons. The van der Waals surface area contributed by atoms with Gasteiger partial charge < -0.3 is 30.3 Å². The van der Waals surface area contributed by atoms with Crippen molar-refractivity contribution in [1.29, 1.82) is 0 Å². The normalized spacial score (nSPS) is 13.8. The molecular weight excluding hydrogens is 422 g/mol. The highest BCUT2D eigenvalue weighted by Crippen LogP contribution is 2.24. The first-order valence-corrected chi connectivity index (χ1v) is 10.4. The maximum absolute atomic E-state index is 12.4. The highest BCUT2D eigenvalue weighted by molar-refractivity contribution is 7.13. The number of aromatic nitrogens is 1. The van der Waals surface area contributed by atoms with Gasteiger partial charge in [0.2, 0.25) is 5.91 Å². The number of carbonyl (C=O) groups is 3. The molecule has 168 valence electrons. The fraction of sp³-hybridized carbons (Fsp3) is 0.400. The summed E-state index contributed by atoms with van der Waals surface area (Å²) in [5.74, 6) is -1.11. The van der Waals surface area contributed by atoms with Crippen molar-refractivity contribution >= 4 is 34.2 Å². The summed E-state index contributed by atoms with van der Waals surface area (Å²) in [6, 6.07) is 0.0902. The van der Waals surface area contributed by atoms with E-state index >= 15 is 0 Å². The Morgan fingerprint density at radius 1 is 1.16 bits per heavy atom. The molecule has 1 aromatic rings. The first-order valence-electron chi connectivity index (χ1n) is 9.47. The van der Waals surface area contributed by atoms with Crippen LogP contribution >= 0.6 is 11.3 Å². The number of hydrogen-bond donors (Lipinski definition) is 3. The fourth-order valence-electron chi connectivity index (χ4n) is 2.79. The zero-order valence-corrected chi connectivity index (χ0v) is 18.5. The van der Waals surface area contributed by atoms with Crippen molar-refractivity contribution in [3.63, 3.8) is 0 Å². The largest absolute Gasteiger partial charge is 0.495 e. The van der Waals surface area contributed by atoms with E-state index in [0.29, 0.717) is 18.2 Å². The van der Waals surface area contributed by atoms with Gasteiger partial charge in [-0.25, -0.2) is 4.98 Å². The van der Waals surface area contributed by atoms with Gasteiger partial charge in [0.25, 0.3) is 11.8 Å². The monoisotopic (exact) mass is 449 g/mol. The van der Waals surface area contributed by atoms with Crippen LogP contribution in [0.4, 0.5) is 5.13 Å². The van der Waals surface area contributed by atoms with Gasteiger partial charge in [-0.05, 0) is 12.8 Å². The van der Waals surface area contributed by atoms with E-state index in [9.17, 15) is 14.4 Å². The molecule has 1 saturated heterocycles. The van der Waals surface area contributed by atoms with Crippen LogP contribution in [0.2, 0.25) is 0 Å². The number of carbonyl (C=O) groups excluding carboxylic acids is 3. The Labute approximate surface area is 185 Å². The fourth-order valence-corrected chi connectivity index (χ4v) is 3.65. The Kier molecular flexibility index (Phi) is 8.76. The molecule has 0 bridgehead atoms. The molecule has 11 heteroatoms. The maximum Gasteiger partial charge on any atom is 0.275 e. The van der Waals surface area contributed by atoms with Crippen LogP contribution in [-0.4, -0.2) is 62.7 Å². The summed E-state index contributed by atoms with van der Waals surface area (Å²) >= 11 is 1.33. The minimum absolute atomic E-state index is 0.0454. The topological polar surface area (TPSA) is 122 Å². The van der Waals surface area contributed by atoms with Crippen LogP contribution in [0, 0.1) is 0 Å². The smallest absolute Gasteiger partial charge is 0.275 e. The number of thiazole rings is 1. The van der Waals surface area contributed by atoms with E-state index in [4.69, 9.17) is 9.47 Å². The van der Waals surface area contributed by atoms with E-state index in [0.717, 1.165) is 12.8 Å². The van der Waals surface area contributed by atoms with Gasteiger partial charge in [-0.15, -0.1) is 11.3 Å². The predicted octanol–water partition coefficient (Wildman–Crippen LogP) is 0.908. The molecule has 10 nitrogen and oxygen atoms in total. The third-order valence-electron chi connectivity index (χ3n) is 4.52. The molecule has 3 N–H and O–H groups in total. The molecule has 1 aliphatic heterocycles. The van der Waals surface area contributed by atoms with Crippen molar-refractivity contribution in [2.45, 2.75) is 18.9 Å². The summed E-state index contributed by atoms with van der Waals surface area (Å²) in [4.78, 5) is 42.6. The van der Waals surface area contributed by atoms with Crippen molar-refractivity contribution in [2.24, 2.45) is 0 Å². The Bertz CT molecular complexity index is 873. The molecule has 31 heavy (non-hydrogen) atoms. The number of ether oxygens (including phenoxy) is 2. The number of methoxy groups -OCH3 is 2.